The highest BCUT2D eigenvalue weighted by Crippen LogP contribution is 2.31. The van der Waals surface area contributed by atoms with Crippen molar-refractivity contribution >= 4 is 27.7 Å². The van der Waals surface area contributed by atoms with E-state index in [0.29, 0.717) is 32.6 Å². The van der Waals surface area contributed by atoms with Crippen molar-refractivity contribution in [3.05, 3.63) is 0 Å². The summed E-state index contributed by atoms with van der Waals surface area (Å²) >= 11 is 0. The molecule has 0 aromatic carbocycles. The molecule has 3 saturated heterocycles. The van der Waals surface area contributed by atoms with Crippen molar-refractivity contribution in [3.63, 3.8) is 0 Å². The first-order chi connectivity index (χ1) is 13.8. The molecule has 0 N–H and O–H groups in total. The third-order valence-corrected chi connectivity index (χ3v) is 8.71. The van der Waals surface area contributed by atoms with Crippen molar-refractivity contribution in [2.45, 2.75) is 51.1 Å². The lowest BCUT2D eigenvalue weighted by Crippen LogP contribution is -2.54. The monoisotopic (exact) mass is 426 g/mol. The third-order valence-electron chi connectivity index (χ3n) is 6.95. The minimum Gasteiger partial charge on any atom is -0.297 e. The molecule has 10 heteroatoms. The van der Waals surface area contributed by atoms with E-state index in [1.807, 2.05) is 11.8 Å². The first-order valence-corrected chi connectivity index (χ1v) is 12.4. The Morgan fingerprint density at radius 2 is 1.62 bits per heavy atom. The second kappa shape index (κ2) is 7.96. The zero-order valence-electron chi connectivity index (χ0n) is 17.0. The lowest BCUT2D eigenvalue weighted by atomic mass is 9.85. The summed E-state index contributed by atoms with van der Waals surface area (Å²) in [6, 6.07) is -0.594. The highest BCUT2D eigenvalue weighted by Gasteiger charge is 2.49. The van der Waals surface area contributed by atoms with Crippen LogP contribution < -0.4 is 0 Å². The molecule has 1 saturated carbocycles. The second-order valence-corrected chi connectivity index (χ2v) is 11.1. The van der Waals surface area contributed by atoms with E-state index in [0.717, 1.165) is 30.6 Å². The molecule has 4 aliphatic rings. The van der Waals surface area contributed by atoms with E-state index < -0.39 is 27.7 Å². The van der Waals surface area contributed by atoms with Gasteiger partial charge in [-0.25, -0.2) is 18.1 Å². The largest absolute Gasteiger partial charge is 0.335 e. The molecule has 1 aliphatic carbocycles. The zero-order chi connectivity index (χ0) is 20.8. The molecule has 0 spiro atoms. The van der Waals surface area contributed by atoms with Gasteiger partial charge in [0.15, 0.2) is 9.84 Å². The predicted molar refractivity (Wildman–Crippen MR) is 106 cm³/mol. The SMILES string of the molecule is C[C@@H]1CCCC[C@@H]1N1C(=O)C(=O)N(CN2CCN([C@@H]3CCS(=O)(=O)C3)CC2)C1=O. The number of sulfone groups is 1. The summed E-state index contributed by atoms with van der Waals surface area (Å²) in [6.45, 7) is 4.85. The number of hydrogen-bond acceptors (Lipinski definition) is 7. The summed E-state index contributed by atoms with van der Waals surface area (Å²) < 4.78 is 23.4. The first-order valence-electron chi connectivity index (χ1n) is 10.6. The Labute approximate surface area is 171 Å². The molecule has 4 amide bonds. The van der Waals surface area contributed by atoms with Gasteiger partial charge in [0.2, 0.25) is 0 Å². The van der Waals surface area contributed by atoms with Gasteiger partial charge >= 0.3 is 17.8 Å². The Hall–Kier alpha value is -1.52. The molecule has 0 unspecified atom stereocenters. The van der Waals surface area contributed by atoms with Crippen LogP contribution in [-0.2, 0) is 19.4 Å². The van der Waals surface area contributed by atoms with Crippen LogP contribution in [0.15, 0.2) is 0 Å². The van der Waals surface area contributed by atoms with Crippen LogP contribution in [0.1, 0.15) is 39.0 Å². The van der Waals surface area contributed by atoms with Gasteiger partial charge in [0.25, 0.3) is 0 Å². The Bertz CT molecular complexity index is 792. The number of hydrogen-bond donors (Lipinski definition) is 0. The van der Waals surface area contributed by atoms with Gasteiger partial charge in [-0.3, -0.25) is 24.3 Å². The maximum atomic E-state index is 12.9. The van der Waals surface area contributed by atoms with Crippen LogP contribution in [0.4, 0.5) is 4.79 Å². The Kier molecular flexibility index (Phi) is 5.69. The van der Waals surface area contributed by atoms with Gasteiger partial charge in [0.05, 0.1) is 18.2 Å². The lowest BCUT2D eigenvalue weighted by Gasteiger charge is -2.38. The van der Waals surface area contributed by atoms with Crippen molar-refractivity contribution in [2.75, 3.05) is 44.4 Å². The fraction of sp³-hybridized carbons (Fsp3) is 0.842. The minimum absolute atomic E-state index is 0.0714. The molecule has 9 nitrogen and oxygen atoms in total. The number of carbonyl (C=O) groups is 3. The van der Waals surface area contributed by atoms with Crippen molar-refractivity contribution in [2.24, 2.45) is 5.92 Å². The zero-order valence-corrected chi connectivity index (χ0v) is 17.8. The van der Waals surface area contributed by atoms with E-state index >= 15 is 0 Å². The number of imide groups is 2. The molecule has 0 aromatic heterocycles. The highest BCUT2D eigenvalue weighted by atomic mass is 32.2. The number of rotatable bonds is 4. The standard InChI is InChI=1S/C19H30N4O5S/c1-14-4-2-3-5-16(14)23-18(25)17(24)22(19(23)26)13-20-7-9-21(10-8-20)15-6-11-29(27,28)12-15/h14-16H,2-13H2,1H3/t14-,15-,16+/m1/s1. The summed E-state index contributed by atoms with van der Waals surface area (Å²) in [5, 5.41) is 0. The molecular weight excluding hydrogens is 396 g/mol. The van der Waals surface area contributed by atoms with E-state index in [1.165, 1.54) is 4.90 Å². The van der Waals surface area contributed by atoms with E-state index in [2.05, 4.69) is 4.90 Å². The molecule has 29 heavy (non-hydrogen) atoms. The third kappa shape index (κ3) is 4.06. The fourth-order valence-electron chi connectivity index (χ4n) is 5.15. The first kappa shape index (κ1) is 20.7. The molecule has 0 bridgehead atoms. The Morgan fingerprint density at radius 3 is 2.24 bits per heavy atom. The van der Waals surface area contributed by atoms with Gasteiger partial charge in [0, 0.05) is 38.3 Å². The smallest absolute Gasteiger partial charge is 0.297 e. The van der Waals surface area contributed by atoms with Crippen LogP contribution in [0.3, 0.4) is 0 Å². The minimum atomic E-state index is -2.91. The van der Waals surface area contributed by atoms with Gasteiger partial charge < -0.3 is 0 Å². The summed E-state index contributed by atoms with van der Waals surface area (Å²) in [7, 11) is -2.91. The average Bonchev–Trinajstić information content (AvgIpc) is 3.15. The van der Waals surface area contributed by atoms with Gasteiger partial charge in [-0.05, 0) is 25.2 Å². The van der Waals surface area contributed by atoms with Crippen LogP contribution in [0, 0.1) is 5.92 Å². The summed E-state index contributed by atoms with van der Waals surface area (Å²) in [5.41, 5.74) is 0. The Balaban J connectivity index is 1.34. The lowest BCUT2D eigenvalue weighted by molar-refractivity contribution is -0.145. The van der Waals surface area contributed by atoms with Crippen molar-refractivity contribution in [3.8, 4) is 0 Å². The predicted octanol–water partition coefficient (Wildman–Crippen LogP) is 0.118. The molecule has 0 aromatic rings. The van der Waals surface area contributed by atoms with Crippen molar-refractivity contribution in [1.82, 2.24) is 19.6 Å². The number of carbonyl (C=O) groups excluding carboxylic acids is 3. The molecule has 3 aliphatic heterocycles. The molecule has 3 atom stereocenters. The van der Waals surface area contributed by atoms with Crippen molar-refractivity contribution in [1.29, 1.82) is 0 Å². The highest BCUT2D eigenvalue weighted by molar-refractivity contribution is 7.91. The molecule has 0 radical (unpaired) electrons. The van der Waals surface area contributed by atoms with Crippen LogP contribution in [0.5, 0.6) is 0 Å². The average molecular weight is 427 g/mol. The van der Waals surface area contributed by atoms with E-state index in [1.54, 1.807) is 0 Å². The normalized spacial score (nSPS) is 34.4. The van der Waals surface area contributed by atoms with Crippen LogP contribution >= 0.6 is 0 Å². The number of piperazine rings is 1. The van der Waals surface area contributed by atoms with Crippen LogP contribution in [0.25, 0.3) is 0 Å². The molecule has 4 fully saturated rings. The number of nitrogens with zero attached hydrogens (tertiary/aromatic N) is 4. The van der Waals surface area contributed by atoms with E-state index in [-0.39, 0.29) is 36.2 Å². The van der Waals surface area contributed by atoms with Crippen molar-refractivity contribution < 1.29 is 22.8 Å². The van der Waals surface area contributed by atoms with Crippen LogP contribution in [-0.4, -0.2) is 102 Å². The topological polar surface area (TPSA) is 98.3 Å². The maximum absolute atomic E-state index is 12.9. The molecule has 162 valence electrons. The van der Waals surface area contributed by atoms with E-state index in [4.69, 9.17) is 0 Å². The summed E-state index contributed by atoms with van der Waals surface area (Å²) in [6.07, 6.45) is 4.48. The number of amides is 4. The van der Waals surface area contributed by atoms with Crippen LogP contribution in [0.2, 0.25) is 0 Å². The summed E-state index contributed by atoms with van der Waals surface area (Å²) in [5.74, 6) is -0.720. The summed E-state index contributed by atoms with van der Waals surface area (Å²) in [4.78, 5) is 44.4. The van der Waals surface area contributed by atoms with Gasteiger partial charge in [-0.1, -0.05) is 19.8 Å². The van der Waals surface area contributed by atoms with Gasteiger partial charge in [-0.15, -0.1) is 0 Å². The van der Waals surface area contributed by atoms with E-state index in [9.17, 15) is 22.8 Å². The Morgan fingerprint density at radius 1 is 0.931 bits per heavy atom. The molecule has 3 heterocycles. The van der Waals surface area contributed by atoms with Gasteiger partial charge in [-0.2, -0.15) is 0 Å². The number of urea groups is 1. The maximum Gasteiger partial charge on any atom is 0.335 e. The molecule has 4 rings (SSSR count). The molecular formula is C19H30N4O5S. The second-order valence-electron chi connectivity index (χ2n) is 8.87. The van der Waals surface area contributed by atoms with Gasteiger partial charge in [0.1, 0.15) is 0 Å². The quantitative estimate of drug-likeness (QED) is 0.465. The fourth-order valence-corrected chi connectivity index (χ4v) is 6.91.